The molecule has 0 saturated heterocycles. The Bertz CT molecular complexity index is 87.7. The topological polar surface area (TPSA) is 49.4 Å². The van der Waals surface area contributed by atoms with Gasteiger partial charge in [0.05, 0.1) is 19.2 Å². The summed E-state index contributed by atoms with van der Waals surface area (Å²) in [6.45, 7) is 3.22. The number of aliphatic carboxylic acids is 1. The lowest BCUT2D eigenvalue weighted by Crippen LogP contribution is -2.27. The van der Waals surface area contributed by atoms with Crippen LogP contribution in [-0.2, 0) is 9.53 Å². The third-order valence-electron chi connectivity index (χ3n) is 0.456. The zero-order valence-electron chi connectivity index (χ0n) is 4.42. The molecule has 0 saturated carbocycles. The molecule has 0 heterocycles. The molecule has 0 aromatic heterocycles. The summed E-state index contributed by atoms with van der Waals surface area (Å²) < 4.78 is 4.46. The zero-order chi connectivity index (χ0) is 6.41. The molecule has 3 nitrogen and oxygen atoms in total. The first-order valence-corrected chi connectivity index (χ1v) is 2.16. The predicted octanol–water partition coefficient (Wildman–Crippen LogP) is -1.06. The summed E-state index contributed by atoms with van der Waals surface area (Å²) in [4.78, 5) is 9.60. The van der Waals surface area contributed by atoms with E-state index in [2.05, 4.69) is 11.3 Å². The van der Waals surface area contributed by atoms with Crippen LogP contribution in [0, 0.1) is 0 Å². The van der Waals surface area contributed by atoms with Crippen molar-refractivity contribution in [3.63, 3.8) is 0 Å². The van der Waals surface area contributed by atoms with E-state index in [-0.39, 0.29) is 13.2 Å². The largest absolute Gasteiger partial charge is 0.548 e. The summed E-state index contributed by atoms with van der Waals surface area (Å²) in [6, 6.07) is 0. The summed E-state index contributed by atoms with van der Waals surface area (Å²) in [7, 11) is 0. The summed E-state index contributed by atoms with van der Waals surface area (Å²) in [5.74, 6) is -1.20. The van der Waals surface area contributed by atoms with Crippen molar-refractivity contribution in [3.05, 3.63) is 12.7 Å². The normalized spacial score (nSPS) is 8.50. The first-order valence-electron chi connectivity index (χ1n) is 2.16. The van der Waals surface area contributed by atoms with Gasteiger partial charge >= 0.3 is 0 Å². The number of carbonyl (C=O) groups excluding carboxylic acids is 1. The van der Waals surface area contributed by atoms with E-state index in [9.17, 15) is 9.90 Å². The van der Waals surface area contributed by atoms with Crippen LogP contribution in [0.5, 0.6) is 0 Å². The molecule has 0 atom stereocenters. The van der Waals surface area contributed by atoms with E-state index in [0.29, 0.717) is 0 Å². The van der Waals surface area contributed by atoms with Gasteiger partial charge in [-0.05, 0) is 0 Å². The van der Waals surface area contributed by atoms with E-state index >= 15 is 0 Å². The van der Waals surface area contributed by atoms with Crippen molar-refractivity contribution in [2.75, 3.05) is 13.2 Å². The standard InChI is InChI=1S/C5H8O3/c1-2-3-8-4-5(6)7/h2H,1,3-4H2,(H,6,7)/p-1. The smallest absolute Gasteiger partial charge is 0.0865 e. The van der Waals surface area contributed by atoms with Gasteiger partial charge in [0, 0.05) is 0 Å². The highest BCUT2D eigenvalue weighted by Gasteiger charge is 1.80. The van der Waals surface area contributed by atoms with Gasteiger partial charge in [-0.3, -0.25) is 0 Å². The third-order valence-corrected chi connectivity index (χ3v) is 0.456. The van der Waals surface area contributed by atoms with Crippen LogP contribution in [0.25, 0.3) is 0 Å². The predicted molar refractivity (Wildman–Crippen MR) is 26.0 cm³/mol. The molecule has 0 aromatic carbocycles. The number of carboxylic acid groups (broad SMARTS) is 1. The monoisotopic (exact) mass is 115 g/mol. The van der Waals surface area contributed by atoms with E-state index in [1.54, 1.807) is 0 Å². The van der Waals surface area contributed by atoms with Crippen LogP contribution in [0.2, 0.25) is 0 Å². The Morgan fingerprint density at radius 3 is 2.88 bits per heavy atom. The van der Waals surface area contributed by atoms with Crippen LogP contribution in [-0.4, -0.2) is 19.2 Å². The molecule has 3 heteroatoms. The Kier molecular flexibility index (Phi) is 3.88. The van der Waals surface area contributed by atoms with E-state index in [0.717, 1.165) is 0 Å². The maximum absolute atomic E-state index is 9.60. The van der Waals surface area contributed by atoms with Crippen molar-refractivity contribution in [1.29, 1.82) is 0 Å². The minimum atomic E-state index is -1.20. The molecule has 0 bridgehead atoms. The molecule has 0 aliphatic rings. The maximum Gasteiger partial charge on any atom is 0.0865 e. The molecule has 0 aromatic rings. The third kappa shape index (κ3) is 5.17. The number of carboxylic acids is 1. The van der Waals surface area contributed by atoms with Crippen LogP contribution >= 0.6 is 0 Å². The number of ether oxygens (including phenoxy) is 1. The molecule has 0 aliphatic heterocycles. The van der Waals surface area contributed by atoms with Gasteiger partial charge in [0.25, 0.3) is 0 Å². The molecular weight excluding hydrogens is 108 g/mol. The second-order valence-corrected chi connectivity index (χ2v) is 1.18. The average Bonchev–Trinajstić information content (AvgIpc) is 1.66. The highest BCUT2D eigenvalue weighted by Crippen LogP contribution is 1.70. The Hall–Kier alpha value is -0.830. The summed E-state index contributed by atoms with van der Waals surface area (Å²) >= 11 is 0. The van der Waals surface area contributed by atoms with Gasteiger partial charge in [-0.15, -0.1) is 6.58 Å². The lowest BCUT2D eigenvalue weighted by Gasteiger charge is -1.99. The van der Waals surface area contributed by atoms with Crippen molar-refractivity contribution >= 4 is 5.97 Å². The minimum Gasteiger partial charge on any atom is -0.548 e. The Balaban J connectivity index is 2.93. The second kappa shape index (κ2) is 4.33. The summed E-state index contributed by atoms with van der Waals surface area (Å²) in [6.07, 6.45) is 1.48. The SMILES string of the molecule is C=CCOCC(=O)[O-]. The fourth-order valence-electron chi connectivity index (χ4n) is 0.226. The number of carbonyl (C=O) groups is 1. The van der Waals surface area contributed by atoms with Crippen LogP contribution in [0.4, 0.5) is 0 Å². The number of hydrogen-bond acceptors (Lipinski definition) is 3. The molecule has 0 spiro atoms. The van der Waals surface area contributed by atoms with Gasteiger partial charge in [0.2, 0.25) is 0 Å². The van der Waals surface area contributed by atoms with Crippen molar-refractivity contribution in [1.82, 2.24) is 0 Å². The van der Waals surface area contributed by atoms with Gasteiger partial charge in [-0.1, -0.05) is 6.08 Å². The first kappa shape index (κ1) is 7.17. The van der Waals surface area contributed by atoms with E-state index in [4.69, 9.17) is 0 Å². The van der Waals surface area contributed by atoms with Gasteiger partial charge in [0.1, 0.15) is 0 Å². The van der Waals surface area contributed by atoms with Gasteiger partial charge in [0.15, 0.2) is 0 Å². The Morgan fingerprint density at radius 2 is 2.50 bits per heavy atom. The lowest BCUT2D eigenvalue weighted by molar-refractivity contribution is -0.309. The van der Waals surface area contributed by atoms with Gasteiger partial charge in [-0.2, -0.15) is 0 Å². The minimum absolute atomic E-state index is 0.258. The average molecular weight is 115 g/mol. The van der Waals surface area contributed by atoms with E-state index in [1.807, 2.05) is 0 Å². The van der Waals surface area contributed by atoms with Crippen molar-refractivity contribution in [3.8, 4) is 0 Å². The highest BCUT2D eigenvalue weighted by atomic mass is 16.5. The lowest BCUT2D eigenvalue weighted by atomic mass is 10.7. The molecule has 46 valence electrons. The number of hydrogen-bond donors (Lipinski definition) is 0. The van der Waals surface area contributed by atoms with Crippen molar-refractivity contribution in [2.24, 2.45) is 0 Å². The second-order valence-electron chi connectivity index (χ2n) is 1.18. The van der Waals surface area contributed by atoms with Gasteiger partial charge < -0.3 is 14.6 Å². The number of rotatable bonds is 4. The fraction of sp³-hybridized carbons (Fsp3) is 0.400. The molecule has 0 rings (SSSR count). The highest BCUT2D eigenvalue weighted by molar-refractivity contribution is 5.65. The van der Waals surface area contributed by atoms with Crippen LogP contribution in [0.15, 0.2) is 12.7 Å². The molecule has 0 radical (unpaired) electrons. The summed E-state index contributed by atoms with van der Waals surface area (Å²) in [5.41, 5.74) is 0. The zero-order valence-corrected chi connectivity index (χ0v) is 4.42. The molecule has 0 unspecified atom stereocenters. The quantitative estimate of drug-likeness (QED) is 0.346. The molecule has 8 heavy (non-hydrogen) atoms. The van der Waals surface area contributed by atoms with Crippen LogP contribution in [0.1, 0.15) is 0 Å². The Morgan fingerprint density at radius 1 is 1.88 bits per heavy atom. The first-order chi connectivity index (χ1) is 3.77. The van der Waals surface area contributed by atoms with Crippen molar-refractivity contribution < 1.29 is 14.6 Å². The molecular formula is C5H7O3-. The molecule has 0 aliphatic carbocycles. The molecule has 0 fully saturated rings. The maximum atomic E-state index is 9.60. The van der Waals surface area contributed by atoms with Crippen molar-refractivity contribution in [2.45, 2.75) is 0 Å². The van der Waals surface area contributed by atoms with E-state index in [1.165, 1.54) is 6.08 Å². The fourth-order valence-corrected chi connectivity index (χ4v) is 0.226. The van der Waals surface area contributed by atoms with Gasteiger partial charge in [-0.25, -0.2) is 0 Å². The summed E-state index contributed by atoms with van der Waals surface area (Å²) in [5, 5.41) is 9.60. The molecule has 0 N–H and O–H groups in total. The Labute approximate surface area is 47.6 Å². The van der Waals surface area contributed by atoms with E-state index < -0.39 is 5.97 Å². The molecule has 0 amide bonds. The van der Waals surface area contributed by atoms with Crippen LogP contribution < -0.4 is 5.11 Å². The van der Waals surface area contributed by atoms with Crippen LogP contribution in [0.3, 0.4) is 0 Å².